The van der Waals surface area contributed by atoms with E-state index in [0.717, 1.165) is 32.1 Å². The Morgan fingerprint density at radius 1 is 0.651 bits per heavy atom. The summed E-state index contributed by atoms with van der Waals surface area (Å²) in [4.78, 5) is 25.7. The van der Waals surface area contributed by atoms with Crippen LogP contribution in [0.5, 0.6) is 0 Å². The zero-order valence-corrected chi connectivity index (χ0v) is 27.8. The van der Waals surface area contributed by atoms with E-state index in [-0.39, 0.29) is 52.9 Å². The first-order valence-electron chi connectivity index (χ1n) is 18.2. The van der Waals surface area contributed by atoms with E-state index in [4.69, 9.17) is 33.8 Å². The van der Waals surface area contributed by atoms with Crippen molar-refractivity contribution in [3.05, 3.63) is 0 Å². The predicted octanol–water partition coefficient (Wildman–Crippen LogP) is 7.20. The maximum Gasteiger partial charge on any atom is 0.136 e. The van der Waals surface area contributed by atoms with Crippen molar-refractivity contribution < 1.29 is 33.8 Å². The van der Waals surface area contributed by atoms with Crippen LogP contribution in [0.3, 0.4) is 0 Å². The maximum atomic E-state index is 7.30. The molecule has 0 amide bonds. The fraction of sp³-hybridized carbons (Fsp3) is 1.00. The zero-order chi connectivity index (χ0) is 29.9. The van der Waals surface area contributed by atoms with Crippen molar-refractivity contribution in [3.8, 4) is 0 Å². The lowest BCUT2D eigenvalue weighted by Gasteiger charge is -2.63. The third-order valence-electron chi connectivity index (χ3n) is 14.8. The van der Waals surface area contributed by atoms with Gasteiger partial charge in [0.2, 0.25) is 0 Å². The van der Waals surface area contributed by atoms with Crippen LogP contribution < -0.4 is 0 Å². The predicted molar refractivity (Wildman–Crippen MR) is 161 cm³/mol. The highest BCUT2D eigenvalue weighted by molar-refractivity contribution is 5.16. The fourth-order valence-electron chi connectivity index (χ4n) is 12.5. The molecule has 2 spiro atoms. The molecule has 0 aromatic carbocycles. The summed E-state index contributed by atoms with van der Waals surface area (Å²) in [6.07, 6.45) is 12.3. The molecule has 10 aliphatic rings. The Labute approximate surface area is 259 Å². The van der Waals surface area contributed by atoms with Gasteiger partial charge in [-0.1, -0.05) is 27.7 Å². The van der Waals surface area contributed by atoms with Crippen LogP contribution in [-0.2, 0) is 33.8 Å². The Morgan fingerprint density at radius 3 is 1.74 bits per heavy atom. The summed E-state index contributed by atoms with van der Waals surface area (Å²) in [5.41, 5.74) is -1.18. The van der Waals surface area contributed by atoms with Gasteiger partial charge in [0.25, 0.3) is 0 Å². The molecule has 1 unspecified atom stereocenters. The summed E-state index contributed by atoms with van der Waals surface area (Å²) in [7, 11) is 0. The summed E-state index contributed by atoms with van der Waals surface area (Å²) in [6.45, 7) is 17.0. The van der Waals surface area contributed by atoms with E-state index < -0.39 is 0 Å². The molecule has 0 N–H and O–H groups in total. The van der Waals surface area contributed by atoms with E-state index in [1.807, 2.05) is 0 Å². The average Bonchev–Trinajstić information content (AvgIpc) is 3.35. The SMILES string of the molecule is CCO[C@@H](C[C@H]1O[C@@H]2C[C@]3(C)CC[C@H]4[C@H](C)CC[C@@H]([C@H]1C)[C@@]24OO3)C1O[C@@H]2C[C@]3(C)CC[C@H]4[C@H](C)CC[C@@H]([C@H]1C)[C@@]24OO3. The molecule has 43 heavy (non-hydrogen) atoms. The van der Waals surface area contributed by atoms with Crippen molar-refractivity contribution >= 4 is 0 Å². The molecule has 7 heteroatoms. The second-order valence-corrected chi connectivity index (χ2v) is 17.2. The molecule has 17 atom stereocenters. The third-order valence-corrected chi connectivity index (χ3v) is 14.8. The van der Waals surface area contributed by atoms with Crippen LogP contribution in [0.2, 0.25) is 0 Å². The van der Waals surface area contributed by atoms with Gasteiger partial charge in [-0.15, -0.1) is 0 Å². The average molecular weight is 603 g/mol. The van der Waals surface area contributed by atoms with Gasteiger partial charge in [0, 0.05) is 25.9 Å². The lowest BCUT2D eigenvalue weighted by Crippen LogP contribution is -2.71. The minimum absolute atomic E-state index is 0.0128. The molecule has 6 saturated heterocycles. The van der Waals surface area contributed by atoms with Gasteiger partial charge in [-0.05, 0) is 119 Å². The molecular formula is C36H58O7. The van der Waals surface area contributed by atoms with Gasteiger partial charge in [-0.3, -0.25) is 0 Å². The van der Waals surface area contributed by atoms with Crippen molar-refractivity contribution in [1.29, 1.82) is 0 Å². The van der Waals surface area contributed by atoms with Crippen LogP contribution in [0, 0.1) is 47.3 Å². The first-order chi connectivity index (χ1) is 20.5. The standard InChI is InChI=1S/C36H58O7/c1-8-37-29(32-23(5)27-12-10-21(3)25-14-16-34(7)19-31(39-32)36(25,27)43-41-34)17-28-22(4)26-11-9-20(2)24-13-15-33(6)18-30(38-28)35(24,26)42-40-33/h20-32H,8-19H2,1-7H3/t20-,21-,22-,23-,24+,25+,26+,27+,28-,29+,30-,31-,32?,33+,34+,35-,36-/m1/s1. The Hall–Kier alpha value is -0.280. The van der Waals surface area contributed by atoms with E-state index in [1.165, 1.54) is 38.5 Å². The molecule has 6 heterocycles. The molecule has 4 saturated carbocycles. The van der Waals surface area contributed by atoms with Crippen LogP contribution in [0.4, 0.5) is 0 Å². The maximum absolute atomic E-state index is 7.30. The summed E-state index contributed by atoms with van der Waals surface area (Å²) < 4.78 is 21.3. The van der Waals surface area contributed by atoms with E-state index >= 15 is 0 Å². The third kappa shape index (κ3) is 4.23. The summed E-state index contributed by atoms with van der Waals surface area (Å²) in [5.74, 6) is 3.81. The minimum atomic E-state index is -0.332. The molecule has 6 aliphatic heterocycles. The molecule has 244 valence electrons. The molecule has 0 radical (unpaired) electrons. The largest absolute Gasteiger partial charge is 0.376 e. The van der Waals surface area contributed by atoms with E-state index in [0.29, 0.717) is 54.0 Å². The topological polar surface area (TPSA) is 64.6 Å². The van der Waals surface area contributed by atoms with Crippen LogP contribution in [0.25, 0.3) is 0 Å². The lowest BCUT2D eigenvalue weighted by molar-refractivity contribution is -0.491. The van der Waals surface area contributed by atoms with E-state index in [1.54, 1.807) is 0 Å². The highest BCUT2D eigenvalue weighted by atomic mass is 17.2. The molecule has 4 aliphatic carbocycles. The van der Waals surface area contributed by atoms with Gasteiger partial charge in [0.15, 0.2) is 0 Å². The molecule has 4 bridgehead atoms. The second kappa shape index (κ2) is 10.4. The van der Waals surface area contributed by atoms with Gasteiger partial charge < -0.3 is 14.2 Å². The summed E-state index contributed by atoms with van der Waals surface area (Å²) in [5, 5.41) is 0. The normalized spacial score (nSPS) is 59.5. The number of hydrogen-bond donors (Lipinski definition) is 0. The summed E-state index contributed by atoms with van der Waals surface area (Å²) in [6, 6.07) is 0. The fourth-order valence-corrected chi connectivity index (χ4v) is 12.5. The zero-order valence-electron chi connectivity index (χ0n) is 27.8. The highest BCUT2D eigenvalue weighted by Gasteiger charge is 2.70. The number of hydrogen-bond acceptors (Lipinski definition) is 7. The number of fused-ring (bicyclic) bond motifs is 4. The minimum Gasteiger partial charge on any atom is -0.376 e. The van der Waals surface area contributed by atoms with Crippen LogP contribution >= 0.6 is 0 Å². The van der Waals surface area contributed by atoms with Crippen LogP contribution in [0.15, 0.2) is 0 Å². The second-order valence-electron chi connectivity index (χ2n) is 17.2. The smallest absolute Gasteiger partial charge is 0.136 e. The van der Waals surface area contributed by atoms with Gasteiger partial charge in [0.05, 0.1) is 30.5 Å². The van der Waals surface area contributed by atoms with Crippen molar-refractivity contribution in [2.24, 2.45) is 47.3 Å². The van der Waals surface area contributed by atoms with Crippen molar-refractivity contribution in [1.82, 2.24) is 0 Å². The van der Waals surface area contributed by atoms with Crippen molar-refractivity contribution in [2.45, 2.75) is 172 Å². The molecule has 0 aromatic rings. The Morgan fingerprint density at radius 2 is 1.19 bits per heavy atom. The first kappa shape index (κ1) is 30.1. The quantitative estimate of drug-likeness (QED) is 0.308. The molecule has 10 rings (SSSR count). The lowest BCUT2D eigenvalue weighted by atomic mass is 9.55. The van der Waals surface area contributed by atoms with E-state index in [2.05, 4.69) is 48.5 Å². The van der Waals surface area contributed by atoms with Gasteiger partial charge in [0.1, 0.15) is 22.4 Å². The van der Waals surface area contributed by atoms with Gasteiger partial charge in [-0.25, -0.2) is 19.6 Å². The summed E-state index contributed by atoms with van der Waals surface area (Å²) >= 11 is 0. The van der Waals surface area contributed by atoms with Crippen molar-refractivity contribution in [2.75, 3.05) is 6.61 Å². The van der Waals surface area contributed by atoms with Crippen LogP contribution in [-0.4, -0.2) is 59.5 Å². The van der Waals surface area contributed by atoms with Crippen molar-refractivity contribution in [3.63, 3.8) is 0 Å². The van der Waals surface area contributed by atoms with Gasteiger partial charge in [-0.2, -0.15) is 0 Å². The highest BCUT2D eigenvalue weighted by Crippen LogP contribution is 2.64. The molecule has 10 fully saturated rings. The number of rotatable bonds is 5. The Kier molecular flexibility index (Phi) is 7.25. The van der Waals surface area contributed by atoms with Gasteiger partial charge >= 0.3 is 0 Å². The molecular weight excluding hydrogens is 544 g/mol. The Balaban J connectivity index is 1.09. The van der Waals surface area contributed by atoms with E-state index in [9.17, 15) is 0 Å². The van der Waals surface area contributed by atoms with Crippen LogP contribution in [0.1, 0.15) is 119 Å². The monoisotopic (exact) mass is 602 g/mol. The molecule has 7 nitrogen and oxygen atoms in total. The molecule has 0 aromatic heterocycles. The first-order valence-corrected chi connectivity index (χ1v) is 18.2. The number of ether oxygens (including phenoxy) is 3. The Bertz CT molecular complexity index is 1070.